The minimum absolute atomic E-state index is 0.0507. The van der Waals surface area contributed by atoms with Crippen LogP contribution in [0.15, 0.2) is 12.4 Å². The fourth-order valence-corrected chi connectivity index (χ4v) is 2.08. The Kier molecular flexibility index (Phi) is 3.53. The zero-order chi connectivity index (χ0) is 12.3. The van der Waals surface area contributed by atoms with Crippen LogP contribution in [0.25, 0.3) is 0 Å². The van der Waals surface area contributed by atoms with Gasteiger partial charge in [0.1, 0.15) is 5.82 Å². The van der Waals surface area contributed by atoms with E-state index in [4.69, 9.17) is 9.84 Å². The lowest BCUT2D eigenvalue weighted by molar-refractivity contribution is 0.0690. The van der Waals surface area contributed by atoms with E-state index in [0.29, 0.717) is 5.82 Å². The minimum atomic E-state index is -1.07. The first-order chi connectivity index (χ1) is 8.20. The molecule has 1 saturated carbocycles. The Labute approximate surface area is 99.0 Å². The number of methoxy groups -OCH3 is 1. The van der Waals surface area contributed by atoms with Gasteiger partial charge in [-0.1, -0.05) is 0 Å². The first-order valence-electron chi connectivity index (χ1n) is 5.55. The summed E-state index contributed by atoms with van der Waals surface area (Å²) in [5.41, 5.74) is -0.0507. The number of aromatic carboxylic acids is 1. The molecule has 1 aliphatic carbocycles. The van der Waals surface area contributed by atoms with Crippen LogP contribution in [0.4, 0.5) is 5.82 Å². The van der Waals surface area contributed by atoms with Gasteiger partial charge in [-0.2, -0.15) is 0 Å². The summed E-state index contributed by atoms with van der Waals surface area (Å²) in [6.07, 6.45) is 6.07. The molecular weight excluding hydrogens is 222 g/mol. The van der Waals surface area contributed by atoms with Gasteiger partial charge in [-0.3, -0.25) is 0 Å². The number of anilines is 1. The second-order valence-electron chi connectivity index (χ2n) is 4.05. The highest BCUT2D eigenvalue weighted by atomic mass is 16.5. The Balaban J connectivity index is 2.01. The normalized spacial score (nSPS) is 23.6. The highest BCUT2D eigenvalue weighted by Gasteiger charge is 2.27. The molecule has 0 saturated heterocycles. The second-order valence-corrected chi connectivity index (χ2v) is 4.05. The fourth-order valence-electron chi connectivity index (χ4n) is 2.08. The standard InChI is InChI=1S/C11H15N3O3/c1-17-9-4-2-3-7(9)14-10-6-12-8(5-13-10)11(15)16/h5-7,9H,2-4H2,1H3,(H,13,14)(H,15,16)/t7-,9-/m1/s1. The molecule has 6 nitrogen and oxygen atoms in total. The average molecular weight is 237 g/mol. The monoisotopic (exact) mass is 237 g/mol. The number of nitrogens with one attached hydrogen (secondary N) is 1. The summed E-state index contributed by atoms with van der Waals surface area (Å²) in [5.74, 6) is -0.483. The quantitative estimate of drug-likeness (QED) is 0.817. The van der Waals surface area contributed by atoms with E-state index in [9.17, 15) is 4.79 Å². The molecule has 0 amide bonds. The molecule has 6 heteroatoms. The molecule has 1 aromatic heterocycles. The number of hydrogen-bond donors (Lipinski definition) is 2. The lowest BCUT2D eigenvalue weighted by Crippen LogP contribution is -2.30. The van der Waals surface area contributed by atoms with Crippen LogP contribution in [0.3, 0.4) is 0 Å². The summed E-state index contributed by atoms with van der Waals surface area (Å²) in [5, 5.41) is 11.9. The van der Waals surface area contributed by atoms with Crippen molar-refractivity contribution in [3.63, 3.8) is 0 Å². The second kappa shape index (κ2) is 5.09. The molecule has 0 spiro atoms. The molecule has 92 valence electrons. The SMILES string of the molecule is CO[C@@H]1CCC[C@H]1Nc1cnc(C(=O)O)cn1. The number of carboxylic acids is 1. The first kappa shape index (κ1) is 11.8. The van der Waals surface area contributed by atoms with Crippen molar-refractivity contribution in [1.82, 2.24) is 9.97 Å². The number of nitrogens with zero attached hydrogens (tertiary/aromatic N) is 2. The van der Waals surface area contributed by atoms with Gasteiger partial charge in [0, 0.05) is 7.11 Å². The van der Waals surface area contributed by atoms with Gasteiger partial charge in [-0.25, -0.2) is 14.8 Å². The van der Waals surface area contributed by atoms with Crippen molar-refractivity contribution in [1.29, 1.82) is 0 Å². The summed E-state index contributed by atoms with van der Waals surface area (Å²) in [6.45, 7) is 0. The summed E-state index contributed by atoms with van der Waals surface area (Å²) in [4.78, 5) is 18.4. The summed E-state index contributed by atoms with van der Waals surface area (Å²) >= 11 is 0. The maximum atomic E-state index is 10.6. The molecule has 0 unspecified atom stereocenters. The van der Waals surface area contributed by atoms with Crippen molar-refractivity contribution in [3.05, 3.63) is 18.1 Å². The molecule has 1 aromatic rings. The van der Waals surface area contributed by atoms with Crippen molar-refractivity contribution in [2.75, 3.05) is 12.4 Å². The number of hydrogen-bond acceptors (Lipinski definition) is 5. The largest absolute Gasteiger partial charge is 0.476 e. The number of carboxylic acid groups (broad SMARTS) is 1. The minimum Gasteiger partial charge on any atom is -0.476 e. The summed E-state index contributed by atoms with van der Waals surface area (Å²) < 4.78 is 5.35. The maximum Gasteiger partial charge on any atom is 0.356 e. The molecule has 1 aliphatic rings. The molecule has 2 rings (SSSR count). The smallest absolute Gasteiger partial charge is 0.356 e. The average Bonchev–Trinajstić information content (AvgIpc) is 2.77. The number of ether oxygens (including phenoxy) is 1. The molecule has 1 fully saturated rings. The van der Waals surface area contributed by atoms with Gasteiger partial charge >= 0.3 is 5.97 Å². The topological polar surface area (TPSA) is 84.3 Å². The van der Waals surface area contributed by atoms with Crippen LogP contribution in [-0.4, -0.2) is 40.3 Å². The van der Waals surface area contributed by atoms with Crippen molar-refractivity contribution in [3.8, 4) is 0 Å². The lowest BCUT2D eigenvalue weighted by atomic mass is 10.2. The third-order valence-electron chi connectivity index (χ3n) is 2.96. The Morgan fingerprint density at radius 3 is 2.88 bits per heavy atom. The van der Waals surface area contributed by atoms with Crippen molar-refractivity contribution >= 4 is 11.8 Å². The van der Waals surface area contributed by atoms with Gasteiger partial charge in [0.25, 0.3) is 0 Å². The third kappa shape index (κ3) is 2.71. The lowest BCUT2D eigenvalue weighted by Gasteiger charge is -2.19. The van der Waals surface area contributed by atoms with E-state index in [2.05, 4.69) is 15.3 Å². The van der Waals surface area contributed by atoms with Crippen molar-refractivity contribution in [2.45, 2.75) is 31.4 Å². The first-order valence-corrected chi connectivity index (χ1v) is 5.55. The molecule has 17 heavy (non-hydrogen) atoms. The van der Waals surface area contributed by atoms with E-state index in [-0.39, 0.29) is 17.8 Å². The van der Waals surface area contributed by atoms with Crippen LogP contribution >= 0.6 is 0 Å². The van der Waals surface area contributed by atoms with Crippen molar-refractivity contribution < 1.29 is 14.6 Å². The molecular formula is C11H15N3O3. The molecule has 2 N–H and O–H groups in total. The summed E-state index contributed by atoms with van der Waals surface area (Å²) in [7, 11) is 1.70. The molecule has 0 radical (unpaired) electrons. The molecule has 0 bridgehead atoms. The fraction of sp³-hybridized carbons (Fsp3) is 0.545. The molecule has 2 atom stereocenters. The highest BCUT2D eigenvalue weighted by molar-refractivity contribution is 5.84. The highest BCUT2D eigenvalue weighted by Crippen LogP contribution is 2.24. The van der Waals surface area contributed by atoms with Gasteiger partial charge in [0.15, 0.2) is 5.69 Å². The number of aromatic nitrogens is 2. The maximum absolute atomic E-state index is 10.6. The Morgan fingerprint density at radius 1 is 1.47 bits per heavy atom. The van der Waals surface area contributed by atoms with E-state index in [1.165, 1.54) is 12.4 Å². The van der Waals surface area contributed by atoms with Gasteiger partial charge < -0.3 is 15.2 Å². The zero-order valence-corrected chi connectivity index (χ0v) is 9.59. The number of carbonyl (C=O) groups is 1. The summed E-state index contributed by atoms with van der Waals surface area (Å²) in [6, 6.07) is 0.227. The Bertz CT molecular complexity index is 393. The zero-order valence-electron chi connectivity index (χ0n) is 9.59. The van der Waals surface area contributed by atoms with Gasteiger partial charge in [0.05, 0.1) is 24.5 Å². The molecule has 0 aliphatic heterocycles. The van der Waals surface area contributed by atoms with Crippen LogP contribution in [0.5, 0.6) is 0 Å². The molecule has 0 aromatic carbocycles. The Hall–Kier alpha value is -1.69. The van der Waals surface area contributed by atoms with Crippen LogP contribution in [0.2, 0.25) is 0 Å². The van der Waals surface area contributed by atoms with Crippen molar-refractivity contribution in [2.24, 2.45) is 0 Å². The van der Waals surface area contributed by atoms with E-state index in [1.54, 1.807) is 7.11 Å². The van der Waals surface area contributed by atoms with E-state index >= 15 is 0 Å². The van der Waals surface area contributed by atoms with Crippen LogP contribution < -0.4 is 5.32 Å². The van der Waals surface area contributed by atoms with Gasteiger partial charge in [-0.05, 0) is 19.3 Å². The molecule has 1 heterocycles. The van der Waals surface area contributed by atoms with Gasteiger partial charge in [0.2, 0.25) is 0 Å². The van der Waals surface area contributed by atoms with E-state index in [0.717, 1.165) is 19.3 Å². The van der Waals surface area contributed by atoms with E-state index in [1.807, 2.05) is 0 Å². The predicted octanol–water partition coefficient (Wildman–Crippen LogP) is 1.15. The number of rotatable bonds is 4. The van der Waals surface area contributed by atoms with Crippen LogP contribution in [0, 0.1) is 0 Å². The van der Waals surface area contributed by atoms with Gasteiger partial charge in [-0.15, -0.1) is 0 Å². The third-order valence-corrected chi connectivity index (χ3v) is 2.96. The van der Waals surface area contributed by atoms with E-state index < -0.39 is 5.97 Å². The Morgan fingerprint density at radius 2 is 2.29 bits per heavy atom. The van der Waals surface area contributed by atoms with Crippen LogP contribution in [-0.2, 0) is 4.74 Å². The van der Waals surface area contributed by atoms with Crippen LogP contribution in [0.1, 0.15) is 29.8 Å². The predicted molar refractivity (Wildman–Crippen MR) is 61.1 cm³/mol.